The molecule has 0 radical (unpaired) electrons. The summed E-state index contributed by atoms with van der Waals surface area (Å²) in [4.78, 5) is 21.8. The minimum Gasteiger partial charge on any atom is -0.358 e. The molecule has 5 heteroatoms. The molecular weight excluding hydrogens is 158 g/mol. The topological polar surface area (TPSA) is 84.2 Å². The van der Waals surface area contributed by atoms with Crippen LogP contribution in [0.2, 0.25) is 0 Å². The molecule has 0 heterocycles. The average Bonchev–Trinajstić information content (AvgIpc) is 2.80. The maximum Gasteiger partial charge on any atom is 0.240 e. The van der Waals surface area contributed by atoms with Gasteiger partial charge in [-0.2, -0.15) is 0 Å². The molecular formula is C7H13N3O2. The molecule has 0 atom stereocenters. The van der Waals surface area contributed by atoms with E-state index in [1.54, 1.807) is 0 Å². The van der Waals surface area contributed by atoms with Gasteiger partial charge in [-0.3, -0.25) is 9.59 Å². The number of likely N-dealkylation sites (N-methyl/N-ethyl adjacent to an activating group) is 1. The van der Waals surface area contributed by atoms with E-state index in [2.05, 4.69) is 10.6 Å². The molecule has 68 valence electrons. The Kier molecular flexibility index (Phi) is 2.32. The highest BCUT2D eigenvalue weighted by atomic mass is 16.2. The standard InChI is InChI=1S/C7H13N3O2/c1-9-5(11)4-10-6(12)7(8)2-3-7/h2-4,8H2,1H3,(H,9,11)(H,10,12). The van der Waals surface area contributed by atoms with Crippen LogP contribution in [0.3, 0.4) is 0 Å². The third kappa shape index (κ3) is 1.94. The molecule has 0 aromatic rings. The lowest BCUT2D eigenvalue weighted by molar-refractivity contribution is -0.127. The van der Waals surface area contributed by atoms with Gasteiger partial charge >= 0.3 is 0 Å². The maximum atomic E-state index is 11.1. The summed E-state index contributed by atoms with van der Waals surface area (Å²) in [5, 5.41) is 4.86. The third-order valence-electron chi connectivity index (χ3n) is 1.93. The lowest BCUT2D eigenvalue weighted by Gasteiger charge is -2.08. The largest absolute Gasteiger partial charge is 0.358 e. The lowest BCUT2D eigenvalue weighted by Crippen LogP contribution is -2.46. The number of carbonyl (C=O) groups excluding carboxylic acids is 2. The first-order valence-electron chi connectivity index (χ1n) is 3.86. The van der Waals surface area contributed by atoms with E-state index in [1.165, 1.54) is 7.05 Å². The van der Waals surface area contributed by atoms with E-state index in [9.17, 15) is 9.59 Å². The molecule has 1 rings (SSSR count). The van der Waals surface area contributed by atoms with Gasteiger partial charge in [0, 0.05) is 7.05 Å². The van der Waals surface area contributed by atoms with Gasteiger partial charge in [0.25, 0.3) is 0 Å². The summed E-state index contributed by atoms with van der Waals surface area (Å²) in [5.41, 5.74) is 4.89. The van der Waals surface area contributed by atoms with Crippen LogP contribution < -0.4 is 16.4 Å². The van der Waals surface area contributed by atoms with Gasteiger partial charge in [-0.1, -0.05) is 0 Å². The summed E-state index contributed by atoms with van der Waals surface area (Å²) in [7, 11) is 1.52. The fraction of sp³-hybridized carbons (Fsp3) is 0.714. The van der Waals surface area contributed by atoms with E-state index >= 15 is 0 Å². The molecule has 1 aliphatic carbocycles. The second-order valence-electron chi connectivity index (χ2n) is 3.01. The highest BCUT2D eigenvalue weighted by molar-refractivity contribution is 5.92. The van der Waals surface area contributed by atoms with Crippen LogP contribution in [-0.4, -0.2) is 30.9 Å². The highest BCUT2D eigenvalue weighted by Gasteiger charge is 2.45. The SMILES string of the molecule is CNC(=O)CNC(=O)C1(N)CC1. The molecule has 2 amide bonds. The van der Waals surface area contributed by atoms with Crippen LogP contribution in [0.4, 0.5) is 0 Å². The fourth-order valence-corrected chi connectivity index (χ4v) is 0.787. The van der Waals surface area contributed by atoms with E-state index in [1.807, 2.05) is 0 Å². The number of hydrogen-bond acceptors (Lipinski definition) is 3. The molecule has 1 fully saturated rings. The Morgan fingerprint density at radius 1 is 1.50 bits per heavy atom. The zero-order chi connectivity index (χ0) is 9.19. The maximum absolute atomic E-state index is 11.1. The number of nitrogens with two attached hydrogens (primary N) is 1. The molecule has 0 unspecified atom stereocenters. The minimum absolute atomic E-state index is 0.00822. The molecule has 5 nitrogen and oxygen atoms in total. The molecule has 0 spiro atoms. The molecule has 1 aliphatic rings. The van der Waals surface area contributed by atoms with Gasteiger partial charge in [-0.25, -0.2) is 0 Å². The van der Waals surface area contributed by atoms with E-state index in [-0.39, 0.29) is 18.4 Å². The number of hydrogen-bond donors (Lipinski definition) is 3. The number of nitrogens with one attached hydrogen (secondary N) is 2. The van der Waals surface area contributed by atoms with Crippen LogP contribution in [0, 0.1) is 0 Å². The van der Waals surface area contributed by atoms with Crippen molar-refractivity contribution >= 4 is 11.8 Å². The summed E-state index contributed by atoms with van der Waals surface area (Å²) < 4.78 is 0. The predicted octanol–water partition coefficient (Wildman–Crippen LogP) is -1.66. The van der Waals surface area contributed by atoms with E-state index in [0.29, 0.717) is 12.8 Å². The van der Waals surface area contributed by atoms with Crippen molar-refractivity contribution in [3.8, 4) is 0 Å². The summed E-state index contributed by atoms with van der Waals surface area (Å²) in [5.74, 6) is -0.446. The van der Waals surface area contributed by atoms with Gasteiger partial charge in [-0.05, 0) is 12.8 Å². The Bertz CT molecular complexity index is 211. The first-order chi connectivity index (χ1) is 5.58. The van der Waals surface area contributed by atoms with Gasteiger partial charge in [0.1, 0.15) is 0 Å². The first-order valence-corrected chi connectivity index (χ1v) is 3.86. The second kappa shape index (κ2) is 3.10. The molecule has 0 saturated heterocycles. The molecule has 12 heavy (non-hydrogen) atoms. The Morgan fingerprint density at radius 2 is 2.08 bits per heavy atom. The molecule has 0 aromatic heterocycles. The van der Waals surface area contributed by atoms with Gasteiger partial charge < -0.3 is 16.4 Å². The van der Waals surface area contributed by atoms with Crippen molar-refractivity contribution in [1.29, 1.82) is 0 Å². The fourth-order valence-electron chi connectivity index (χ4n) is 0.787. The normalized spacial score (nSPS) is 18.2. The van der Waals surface area contributed by atoms with E-state index < -0.39 is 5.54 Å². The van der Waals surface area contributed by atoms with Crippen LogP contribution in [0.1, 0.15) is 12.8 Å². The van der Waals surface area contributed by atoms with Crippen molar-refractivity contribution in [2.24, 2.45) is 5.73 Å². The summed E-state index contributed by atoms with van der Waals surface area (Å²) in [6.45, 7) is 0.00822. The zero-order valence-corrected chi connectivity index (χ0v) is 7.02. The lowest BCUT2D eigenvalue weighted by atomic mass is 10.3. The van der Waals surface area contributed by atoms with Crippen molar-refractivity contribution < 1.29 is 9.59 Å². The Labute approximate surface area is 70.7 Å². The molecule has 0 aromatic carbocycles. The minimum atomic E-state index is -0.686. The van der Waals surface area contributed by atoms with Crippen molar-refractivity contribution in [3.63, 3.8) is 0 Å². The Morgan fingerprint density at radius 3 is 2.50 bits per heavy atom. The number of amides is 2. The van der Waals surface area contributed by atoms with Crippen LogP contribution in [0.5, 0.6) is 0 Å². The first kappa shape index (κ1) is 8.99. The average molecular weight is 171 g/mol. The molecule has 0 bridgehead atoms. The quantitative estimate of drug-likeness (QED) is 0.475. The number of rotatable bonds is 3. The van der Waals surface area contributed by atoms with Gasteiger partial charge in [0.15, 0.2) is 0 Å². The Balaban J connectivity index is 2.23. The van der Waals surface area contributed by atoms with E-state index in [4.69, 9.17) is 5.73 Å². The molecule has 4 N–H and O–H groups in total. The number of carbonyl (C=O) groups is 2. The van der Waals surface area contributed by atoms with Crippen LogP contribution in [0.25, 0.3) is 0 Å². The van der Waals surface area contributed by atoms with Crippen molar-refractivity contribution in [2.75, 3.05) is 13.6 Å². The third-order valence-corrected chi connectivity index (χ3v) is 1.93. The van der Waals surface area contributed by atoms with E-state index in [0.717, 1.165) is 0 Å². The van der Waals surface area contributed by atoms with Crippen molar-refractivity contribution in [3.05, 3.63) is 0 Å². The highest BCUT2D eigenvalue weighted by Crippen LogP contribution is 2.31. The summed E-state index contributed by atoms with van der Waals surface area (Å²) >= 11 is 0. The van der Waals surface area contributed by atoms with Crippen LogP contribution >= 0.6 is 0 Å². The van der Waals surface area contributed by atoms with Gasteiger partial charge in [0.05, 0.1) is 12.1 Å². The summed E-state index contributed by atoms with van der Waals surface area (Å²) in [6.07, 6.45) is 1.43. The van der Waals surface area contributed by atoms with Gasteiger partial charge in [-0.15, -0.1) is 0 Å². The molecule has 0 aliphatic heterocycles. The monoisotopic (exact) mass is 171 g/mol. The smallest absolute Gasteiger partial charge is 0.240 e. The zero-order valence-electron chi connectivity index (χ0n) is 7.02. The Hall–Kier alpha value is -1.10. The van der Waals surface area contributed by atoms with Crippen LogP contribution in [-0.2, 0) is 9.59 Å². The van der Waals surface area contributed by atoms with Crippen molar-refractivity contribution in [1.82, 2.24) is 10.6 Å². The van der Waals surface area contributed by atoms with Gasteiger partial charge in [0.2, 0.25) is 11.8 Å². The second-order valence-corrected chi connectivity index (χ2v) is 3.01. The predicted molar refractivity (Wildman–Crippen MR) is 43.2 cm³/mol. The molecule has 1 saturated carbocycles. The van der Waals surface area contributed by atoms with Crippen molar-refractivity contribution in [2.45, 2.75) is 18.4 Å². The van der Waals surface area contributed by atoms with Crippen LogP contribution in [0.15, 0.2) is 0 Å². The summed E-state index contributed by atoms with van der Waals surface area (Å²) in [6, 6.07) is 0.